The highest BCUT2D eigenvalue weighted by atomic mass is 32.1. The molecule has 0 saturated heterocycles. The van der Waals surface area contributed by atoms with Crippen molar-refractivity contribution in [1.82, 2.24) is 0 Å². The fraction of sp³-hybridized carbons (Fsp3) is 0. The first-order valence-electron chi connectivity index (χ1n) is 23.5. The molecular weight excluding hydrogens is 855 g/mol. The number of rotatable bonds is 9. The first kappa shape index (κ1) is 40.5. The molecule has 11 aromatic carbocycles. The second kappa shape index (κ2) is 17.2. The Hall–Kier alpha value is -8.76. The zero-order chi connectivity index (χ0) is 45.7. The minimum absolute atomic E-state index is 0.847. The van der Waals surface area contributed by atoms with Crippen LogP contribution in [-0.2, 0) is 0 Å². The summed E-state index contributed by atoms with van der Waals surface area (Å²) in [6.45, 7) is 0. The van der Waals surface area contributed by atoms with Crippen molar-refractivity contribution in [2.75, 3.05) is 4.90 Å². The van der Waals surface area contributed by atoms with Crippen molar-refractivity contribution in [1.29, 1.82) is 0 Å². The Labute approximate surface area is 405 Å². The smallest absolute Gasteiger partial charge is 0.137 e. The van der Waals surface area contributed by atoms with Gasteiger partial charge in [0.25, 0.3) is 0 Å². The van der Waals surface area contributed by atoms with Gasteiger partial charge < -0.3 is 9.32 Å². The van der Waals surface area contributed by atoms with Gasteiger partial charge in [-0.15, -0.1) is 11.3 Å². The molecule has 0 bridgehead atoms. The molecule has 0 aliphatic carbocycles. The predicted molar refractivity (Wildman–Crippen MR) is 294 cm³/mol. The van der Waals surface area contributed by atoms with Crippen LogP contribution in [-0.4, -0.2) is 0 Å². The van der Waals surface area contributed by atoms with Crippen molar-refractivity contribution in [3.8, 4) is 66.8 Å². The lowest BCUT2D eigenvalue weighted by atomic mass is 9.89. The van der Waals surface area contributed by atoms with E-state index in [1.165, 1.54) is 70.2 Å². The Morgan fingerprint density at radius 1 is 0.290 bits per heavy atom. The first-order valence-corrected chi connectivity index (χ1v) is 24.3. The van der Waals surface area contributed by atoms with Crippen LogP contribution >= 0.6 is 11.3 Å². The average molecular weight is 898 g/mol. The summed E-state index contributed by atoms with van der Waals surface area (Å²) in [5.41, 5.74) is 19.2. The van der Waals surface area contributed by atoms with Crippen molar-refractivity contribution >= 4 is 70.5 Å². The normalized spacial score (nSPS) is 11.5. The highest BCUT2D eigenvalue weighted by molar-refractivity contribution is 7.26. The van der Waals surface area contributed by atoms with E-state index in [2.05, 4.69) is 266 Å². The van der Waals surface area contributed by atoms with E-state index in [-0.39, 0.29) is 0 Å². The molecule has 13 aromatic rings. The number of fused-ring (bicyclic) bond motifs is 6. The van der Waals surface area contributed by atoms with Gasteiger partial charge in [0.05, 0.1) is 16.8 Å². The topological polar surface area (TPSA) is 16.4 Å². The molecule has 2 heterocycles. The summed E-state index contributed by atoms with van der Waals surface area (Å²) < 4.78 is 9.30. The maximum absolute atomic E-state index is 6.80. The zero-order valence-electron chi connectivity index (χ0n) is 37.6. The summed E-state index contributed by atoms with van der Waals surface area (Å²) in [6, 6.07) is 94.2. The van der Waals surface area contributed by atoms with Gasteiger partial charge in [0.15, 0.2) is 0 Å². The second-order valence-corrected chi connectivity index (χ2v) is 18.6. The summed E-state index contributed by atoms with van der Waals surface area (Å²) in [4.78, 5) is 2.47. The van der Waals surface area contributed by atoms with E-state index in [9.17, 15) is 0 Å². The summed E-state index contributed by atoms with van der Waals surface area (Å²) >= 11 is 1.87. The maximum Gasteiger partial charge on any atom is 0.137 e. The number of thiophene rings is 1. The number of furan rings is 1. The lowest BCUT2D eigenvalue weighted by molar-refractivity contribution is 0.669. The summed E-state index contributed by atoms with van der Waals surface area (Å²) in [6.07, 6.45) is 0. The molecule has 0 atom stereocenters. The molecule has 0 spiro atoms. The third-order valence-corrected chi connectivity index (χ3v) is 14.7. The molecule has 0 N–H and O–H groups in total. The van der Waals surface area contributed by atoms with Crippen molar-refractivity contribution in [2.24, 2.45) is 0 Å². The molecule has 0 fully saturated rings. The van der Waals surface area contributed by atoms with Gasteiger partial charge in [-0.3, -0.25) is 0 Å². The van der Waals surface area contributed by atoms with Gasteiger partial charge in [-0.05, 0) is 115 Å². The van der Waals surface area contributed by atoms with E-state index < -0.39 is 0 Å². The van der Waals surface area contributed by atoms with Gasteiger partial charge in [-0.1, -0.05) is 212 Å². The van der Waals surface area contributed by atoms with Crippen molar-refractivity contribution in [2.45, 2.75) is 0 Å². The molecule has 13 rings (SSSR count). The summed E-state index contributed by atoms with van der Waals surface area (Å²) in [5, 5.41) is 4.60. The SMILES string of the molecule is c1ccc(-c2ccc3c(c2)oc2cccc(N(c4ccc(-c5ccccc5-c5ccccc5-c5ccccc5)cc4)c4ccc(-c5ccccc5)c5sc6cc(-c7ccccc7)ccc6c45)c23)cc1. The number of anilines is 3. The molecule has 0 aliphatic heterocycles. The van der Waals surface area contributed by atoms with Gasteiger partial charge >= 0.3 is 0 Å². The highest BCUT2D eigenvalue weighted by Crippen LogP contribution is 2.51. The largest absolute Gasteiger partial charge is 0.456 e. The Kier molecular flexibility index (Phi) is 10.1. The van der Waals surface area contributed by atoms with Crippen LogP contribution in [0.1, 0.15) is 0 Å². The van der Waals surface area contributed by atoms with E-state index >= 15 is 0 Å². The Bertz CT molecular complexity index is 3990. The minimum Gasteiger partial charge on any atom is -0.456 e. The summed E-state index contributed by atoms with van der Waals surface area (Å²) in [5.74, 6) is 0. The Balaban J connectivity index is 1.04. The van der Waals surface area contributed by atoms with Gasteiger partial charge in [0.1, 0.15) is 11.2 Å². The average Bonchev–Trinajstić information content (AvgIpc) is 4.01. The standard InChI is InChI=1S/C66H43NOS/c1-5-18-44(19-6-1)49-34-38-57-62(42-49)68-61-31-17-30-59(64(57)61)67(51-36-32-48(33-37-51)53-27-14-16-29-56(53)55-28-15-13-26-52(55)46-22-9-3-10-23-46)60-41-40-54(47-24-11-4-12-25-47)66-65(60)58-39-35-50(43-63(58)69-66)45-20-7-2-8-21-45/h1-43H. The molecule has 0 radical (unpaired) electrons. The van der Waals surface area contributed by atoms with E-state index in [1.54, 1.807) is 0 Å². The number of nitrogens with zero attached hydrogens (tertiary/aromatic N) is 1. The maximum atomic E-state index is 6.80. The quantitative estimate of drug-likeness (QED) is 0.144. The first-order chi connectivity index (χ1) is 34.2. The predicted octanol–water partition coefficient (Wildman–Crippen LogP) is 19.4. The Morgan fingerprint density at radius 2 is 0.768 bits per heavy atom. The molecule has 0 unspecified atom stereocenters. The van der Waals surface area contributed by atoms with Crippen LogP contribution in [0.4, 0.5) is 17.1 Å². The third kappa shape index (κ3) is 7.20. The van der Waals surface area contributed by atoms with Crippen molar-refractivity contribution in [3.05, 3.63) is 261 Å². The molecule has 69 heavy (non-hydrogen) atoms. The fourth-order valence-corrected chi connectivity index (χ4v) is 11.6. The zero-order valence-corrected chi connectivity index (χ0v) is 38.4. The van der Waals surface area contributed by atoms with Crippen LogP contribution < -0.4 is 4.90 Å². The van der Waals surface area contributed by atoms with Crippen LogP contribution in [0.5, 0.6) is 0 Å². The number of hydrogen-bond donors (Lipinski definition) is 0. The monoisotopic (exact) mass is 897 g/mol. The van der Waals surface area contributed by atoms with Crippen LogP contribution in [0.2, 0.25) is 0 Å². The van der Waals surface area contributed by atoms with Crippen LogP contribution in [0.3, 0.4) is 0 Å². The molecule has 324 valence electrons. The van der Waals surface area contributed by atoms with Crippen LogP contribution in [0.25, 0.3) is 109 Å². The van der Waals surface area contributed by atoms with Crippen LogP contribution in [0, 0.1) is 0 Å². The van der Waals surface area contributed by atoms with Crippen molar-refractivity contribution in [3.63, 3.8) is 0 Å². The molecule has 0 saturated carbocycles. The molecule has 0 aliphatic rings. The molecule has 2 nitrogen and oxygen atoms in total. The van der Waals surface area contributed by atoms with E-state index in [0.29, 0.717) is 0 Å². The van der Waals surface area contributed by atoms with Gasteiger partial charge in [0, 0.05) is 31.2 Å². The van der Waals surface area contributed by atoms with Gasteiger partial charge in [-0.2, -0.15) is 0 Å². The second-order valence-electron chi connectivity index (χ2n) is 17.6. The lowest BCUT2D eigenvalue weighted by Gasteiger charge is -2.28. The van der Waals surface area contributed by atoms with E-state index in [4.69, 9.17) is 4.42 Å². The van der Waals surface area contributed by atoms with Crippen molar-refractivity contribution < 1.29 is 4.42 Å². The summed E-state index contributed by atoms with van der Waals surface area (Å²) in [7, 11) is 0. The molecular formula is C66H43NOS. The highest BCUT2D eigenvalue weighted by Gasteiger charge is 2.25. The lowest BCUT2D eigenvalue weighted by Crippen LogP contribution is -2.11. The minimum atomic E-state index is 0.847. The van der Waals surface area contributed by atoms with Crippen LogP contribution in [0.15, 0.2) is 265 Å². The Morgan fingerprint density at radius 3 is 1.38 bits per heavy atom. The molecule has 2 aromatic heterocycles. The van der Waals surface area contributed by atoms with E-state index in [1.807, 2.05) is 11.3 Å². The number of hydrogen-bond acceptors (Lipinski definition) is 3. The van der Waals surface area contributed by atoms with E-state index in [0.717, 1.165) is 55.7 Å². The van der Waals surface area contributed by atoms with Gasteiger partial charge in [-0.25, -0.2) is 0 Å². The fourth-order valence-electron chi connectivity index (χ4n) is 10.3. The van der Waals surface area contributed by atoms with Gasteiger partial charge in [0.2, 0.25) is 0 Å². The number of benzene rings is 11. The third-order valence-electron chi connectivity index (χ3n) is 13.5. The molecule has 3 heteroatoms. The molecule has 0 amide bonds.